The number of sulfonamides is 1. The first-order valence-electron chi connectivity index (χ1n) is 9.61. The van der Waals surface area contributed by atoms with Crippen LogP contribution in [0, 0.1) is 5.82 Å². The fourth-order valence-corrected chi connectivity index (χ4v) is 4.07. The Balaban J connectivity index is 1.77. The van der Waals surface area contributed by atoms with Crippen LogP contribution < -0.4 is 10.0 Å². The van der Waals surface area contributed by atoms with Crippen LogP contribution >= 0.6 is 0 Å². The molecule has 2 N–H and O–H groups in total. The lowest BCUT2D eigenvalue weighted by molar-refractivity contribution is -0.117. The molecule has 7 nitrogen and oxygen atoms in total. The topological polar surface area (TPSA) is 93.1 Å². The molecule has 0 fully saturated rings. The molecule has 0 saturated heterocycles. The van der Waals surface area contributed by atoms with Gasteiger partial charge in [-0.25, -0.2) is 22.5 Å². The van der Waals surface area contributed by atoms with Gasteiger partial charge < -0.3 is 9.88 Å². The fourth-order valence-electron chi connectivity index (χ4n) is 3.03. The van der Waals surface area contributed by atoms with Crippen LogP contribution in [-0.2, 0) is 21.9 Å². The van der Waals surface area contributed by atoms with Gasteiger partial charge in [-0.3, -0.25) is 4.79 Å². The minimum atomic E-state index is -3.53. The van der Waals surface area contributed by atoms with Crippen molar-refractivity contribution in [3.8, 4) is 0 Å². The van der Waals surface area contributed by atoms with E-state index in [0.29, 0.717) is 23.5 Å². The summed E-state index contributed by atoms with van der Waals surface area (Å²) in [5.74, 6) is -0.249. The highest BCUT2D eigenvalue weighted by Crippen LogP contribution is 2.21. The van der Waals surface area contributed by atoms with E-state index in [1.165, 1.54) is 30.3 Å². The number of carbonyl (C=O) groups is 1. The maximum atomic E-state index is 13.7. The summed E-state index contributed by atoms with van der Waals surface area (Å²) < 4.78 is 41.9. The highest BCUT2D eigenvalue weighted by molar-refractivity contribution is 7.89. The molecule has 0 saturated carbocycles. The van der Waals surface area contributed by atoms with Crippen molar-refractivity contribution in [1.82, 2.24) is 19.6 Å². The summed E-state index contributed by atoms with van der Waals surface area (Å²) >= 11 is 0. The molecule has 1 atom stereocenters. The van der Waals surface area contributed by atoms with E-state index in [9.17, 15) is 17.6 Å². The number of hydrogen-bond acceptors (Lipinski definition) is 4. The molecule has 0 aliphatic rings. The molecular formula is C22H23FN4O3S. The van der Waals surface area contributed by atoms with Crippen molar-refractivity contribution in [1.29, 1.82) is 0 Å². The van der Waals surface area contributed by atoms with Crippen LogP contribution in [0.25, 0.3) is 6.08 Å². The molecule has 0 aliphatic carbocycles. The summed E-state index contributed by atoms with van der Waals surface area (Å²) in [7, 11) is -1.74. The number of hydrogen-bond donors (Lipinski definition) is 2. The van der Waals surface area contributed by atoms with Gasteiger partial charge in [-0.2, -0.15) is 0 Å². The van der Waals surface area contributed by atoms with E-state index in [0.717, 1.165) is 0 Å². The molecular weight excluding hydrogens is 419 g/mol. The first kappa shape index (κ1) is 22.4. The molecule has 1 amide bonds. The molecule has 0 bridgehead atoms. The van der Waals surface area contributed by atoms with Gasteiger partial charge in [0.15, 0.2) is 0 Å². The minimum Gasteiger partial charge on any atom is -0.339 e. The number of imidazole rings is 1. The number of aryl methyl sites for hydroxylation is 1. The van der Waals surface area contributed by atoms with Crippen molar-refractivity contribution in [3.05, 3.63) is 89.8 Å². The summed E-state index contributed by atoms with van der Waals surface area (Å²) in [6.07, 6.45) is 6.25. The summed E-state index contributed by atoms with van der Waals surface area (Å²) in [5, 5.41) is 2.84. The first-order valence-corrected chi connectivity index (χ1v) is 11.1. The van der Waals surface area contributed by atoms with E-state index in [4.69, 9.17) is 0 Å². The molecule has 2 aromatic carbocycles. The predicted molar refractivity (Wildman–Crippen MR) is 116 cm³/mol. The molecule has 3 rings (SSSR count). The van der Waals surface area contributed by atoms with E-state index in [-0.39, 0.29) is 4.90 Å². The number of amides is 1. The van der Waals surface area contributed by atoms with E-state index in [1.807, 2.05) is 0 Å². The summed E-state index contributed by atoms with van der Waals surface area (Å²) in [6, 6.07) is 11.5. The third-order valence-corrected chi connectivity index (χ3v) is 6.10. The smallest absolute Gasteiger partial charge is 0.244 e. The number of benzene rings is 2. The van der Waals surface area contributed by atoms with E-state index >= 15 is 0 Å². The van der Waals surface area contributed by atoms with Crippen molar-refractivity contribution >= 4 is 22.0 Å². The van der Waals surface area contributed by atoms with Gasteiger partial charge in [0, 0.05) is 32.1 Å². The highest BCUT2D eigenvalue weighted by atomic mass is 32.2. The van der Waals surface area contributed by atoms with E-state index in [2.05, 4.69) is 15.0 Å². The Labute approximate surface area is 180 Å². The Morgan fingerprint density at radius 2 is 1.97 bits per heavy atom. The number of rotatable bonds is 8. The van der Waals surface area contributed by atoms with Crippen LogP contribution in [0.1, 0.15) is 29.9 Å². The van der Waals surface area contributed by atoms with Crippen molar-refractivity contribution in [3.63, 3.8) is 0 Å². The van der Waals surface area contributed by atoms with Gasteiger partial charge in [-0.15, -0.1) is 0 Å². The van der Waals surface area contributed by atoms with Crippen LogP contribution in [0.15, 0.2) is 71.9 Å². The van der Waals surface area contributed by atoms with Gasteiger partial charge in [0.05, 0.1) is 4.90 Å². The fraction of sp³-hybridized carbons (Fsp3) is 0.182. The monoisotopic (exact) mass is 442 g/mol. The van der Waals surface area contributed by atoms with Crippen molar-refractivity contribution in [2.24, 2.45) is 7.05 Å². The summed E-state index contributed by atoms with van der Waals surface area (Å²) in [6.45, 7) is 2.00. The zero-order chi connectivity index (χ0) is 22.4. The molecule has 0 spiro atoms. The third kappa shape index (κ3) is 5.65. The number of halogens is 1. The molecule has 1 unspecified atom stereocenters. The Morgan fingerprint density at radius 1 is 1.23 bits per heavy atom. The minimum absolute atomic E-state index is 0.150. The molecule has 0 aliphatic heterocycles. The van der Waals surface area contributed by atoms with E-state index in [1.54, 1.807) is 61.3 Å². The van der Waals surface area contributed by atoms with Crippen molar-refractivity contribution in [2.75, 3.05) is 6.54 Å². The number of nitrogens with zero attached hydrogens (tertiary/aromatic N) is 2. The van der Waals surface area contributed by atoms with Gasteiger partial charge in [0.25, 0.3) is 0 Å². The number of aromatic nitrogens is 2. The molecule has 3 aromatic rings. The van der Waals surface area contributed by atoms with Crippen molar-refractivity contribution < 1.29 is 17.6 Å². The largest absolute Gasteiger partial charge is 0.339 e. The maximum absolute atomic E-state index is 13.7. The standard InChI is InChI=1S/C22H23FN4O3S/c1-3-25-31(29,30)19-10-7-16(8-11-19)9-12-20(28)26-21(22-24-13-14-27(22)2)17-5-4-6-18(23)15-17/h4-15,21,25H,3H2,1-2H3,(H,26,28)/b12-9+. The van der Waals surface area contributed by atoms with Gasteiger partial charge in [0.2, 0.25) is 15.9 Å². The van der Waals surface area contributed by atoms with Crippen LogP contribution in [0.5, 0.6) is 0 Å². The average Bonchev–Trinajstić information content (AvgIpc) is 3.16. The summed E-state index contributed by atoms with van der Waals surface area (Å²) in [5.41, 5.74) is 1.22. The number of carbonyl (C=O) groups excluding carboxylic acids is 1. The van der Waals surface area contributed by atoms with Crippen LogP contribution in [0.2, 0.25) is 0 Å². The zero-order valence-electron chi connectivity index (χ0n) is 17.1. The SMILES string of the molecule is CCNS(=O)(=O)c1ccc(/C=C/C(=O)NC(c2cccc(F)c2)c2nccn2C)cc1. The molecule has 31 heavy (non-hydrogen) atoms. The quantitative estimate of drug-likeness (QED) is 0.525. The Hall–Kier alpha value is -3.30. The van der Waals surface area contributed by atoms with Gasteiger partial charge in [-0.1, -0.05) is 31.2 Å². The summed E-state index contributed by atoms with van der Waals surface area (Å²) in [4.78, 5) is 17.0. The van der Waals surface area contributed by atoms with Crippen LogP contribution in [0.3, 0.4) is 0 Å². The van der Waals surface area contributed by atoms with Crippen LogP contribution in [-0.4, -0.2) is 30.4 Å². The average molecular weight is 443 g/mol. The molecule has 9 heteroatoms. The lowest BCUT2D eigenvalue weighted by Crippen LogP contribution is -2.29. The lowest BCUT2D eigenvalue weighted by atomic mass is 10.1. The maximum Gasteiger partial charge on any atom is 0.244 e. The van der Waals surface area contributed by atoms with Crippen LogP contribution in [0.4, 0.5) is 4.39 Å². The number of nitrogens with one attached hydrogen (secondary N) is 2. The van der Waals surface area contributed by atoms with Crippen molar-refractivity contribution in [2.45, 2.75) is 17.9 Å². The van der Waals surface area contributed by atoms with E-state index < -0.39 is 27.8 Å². The Kier molecular flexibility index (Phi) is 6.98. The van der Waals surface area contributed by atoms with Gasteiger partial charge in [0.1, 0.15) is 17.7 Å². The Bertz CT molecular complexity index is 1190. The second kappa shape index (κ2) is 9.67. The Morgan fingerprint density at radius 3 is 2.58 bits per heavy atom. The second-order valence-electron chi connectivity index (χ2n) is 6.80. The zero-order valence-corrected chi connectivity index (χ0v) is 17.9. The first-order chi connectivity index (χ1) is 14.8. The van der Waals surface area contributed by atoms with Gasteiger partial charge in [-0.05, 0) is 41.5 Å². The molecule has 1 heterocycles. The lowest BCUT2D eigenvalue weighted by Gasteiger charge is -2.18. The third-order valence-electron chi connectivity index (χ3n) is 4.54. The highest BCUT2D eigenvalue weighted by Gasteiger charge is 2.20. The normalized spacial score (nSPS) is 12.7. The van der Waals surface area contributed by atoms with Gasteiger partial charge >= 0.3 is 0 Å². The second-order valence-corrected chi connectivity index (χ2v) is 8.56. The molecule has 1 aromatic heterocycles. The predicted octanol–water partition coefficient (Wildman–Crippen LogP) is 2.78. The molecule has 162 valence electrons. The molecule has 0 radical (unpaired) electrons.